The van der Waals surface area contributed by atoms with Crippen LogP contribution in [0.1, 0.15) is 19.3 Å². The number of rotatable bonds is 3. The van der Waals surface area contributed by atoms with E-state index in [0.29, 0.717) is 12.2 Å². The van der Waals surface area contributed by atoms with Crippen molar-refractivity contribution in [3.8, 4) is 5.75 Å². The second kappa shape index (κ2) is 4.90. The van der Waals surface area contributed by atoms with Gasteiger partial charge in [-0.1, -0.05) is 6.07 Å². The standard InChI is InChI=1S/C12H12FNO2/c13-9-2-1-3-11(6-9)16-12-5-4-10(7-12)14-8-15/h1-3,6,10,12H,4-5,7H2. The maximum atomic E-state index is 12.9. The molecule has 0 spiro atoms. The van der Waals surface area contributed by atoms with Crippen LogP contribution in [0.2, 0.25) is 0 Å². The van der Waals surface area contributed by atoms with Crippen molar-refractivity contribution < 1.29 is 13.9 Å². The molecule has 0 amide bonds. The number of carbonyl (C=O) groups excluding carboxylic acids is 1. The van der Waals surface area contributed by atoms with Gasteiger partial charge < -0.3 is 4.74 Å². The number of aliphatic imine (C=N–C) groups is 1. The first-order valence-corrected chi connectivity index (χ1v) is 5.27. The zero-order chi connectivity index (χ0) is 11.4. The summed E-state index contributed by atoms with van der Waals surface area (Å²) in [5.41, 5.74) is 0. The molecule has 4 heteroatoms. The Labute approximate surface area is 93.0 Å². The van der Waals surface area contributed by atoms with Gasteiger partial charge in [-0.2, -0.15) is 0 Å². The topological polar surface area (TPSA) is 38.7 Å². The predicted molar refractivity (Wildman–Crippen MR) is 56.6 cm³/mol. The number of halogens is 1. The molecular weight excluding hydrogens is 209 g/mol. The van der Waals surface area contributed by atoms with Crippen LogP contribution in [0.15, 0.2) is 29.3 Å². The average Bonchev–Trinajstić information content (AvgIpc) is 2.66. The van der Waals surface area contributed by atoms with Crippen LogP contribution >= 0.6 is 0 Å². The number of benzene rings is 1. The van der Waals surface area contributed by atoms with Gasteiger partial charge in [0.2, 0.25) is 6.08 Å². The molecular formula is C12H12FNO2. The van der Waals surface area contributed by atoms with E-state index in [1.807, 2.05) is 0 Å². The van der Waals surface area contributed by atoms with E-state index < -0.39 is 0 Å². The van der Waals surface area contributed by atoms with Crippen molar-refractivity contribution in [3.05, 3.63) is 30.1 Å². The molecule has 0 saturated heterocycles. The van der Waals surface area contributed by atoms with Gasteiger partial charge in [-0.25, -0.2) is 14.2 Å². The zero-order valence-electron chi connectivity index (χ0n) is 8.73. The number of isocyanates is 1. The molecule has 1 aromatic rings. The Bertz CT molecular complexity index is 415. The second-order valence-corrected chi connectivity index (χ2v) is 3.88. The Balaban J connectivity index is 1.94. The quantitative estimate of drug-likeness (QED) is 0.581. The van der Waals surface area contributed by atoms with Crippen LogP contribution in [0.3, 0.4) is 0 Å². The molecule has 0 radical (unpaired) electrons. The third-order valence-electron chi connectivity index (χ3n) is 2.69. The molecule has 84 valence electrons. The summed E-state index contributed by atoms with van der Waals surface area (Å²) in [4.78, 5) is 13.8. The first-order valence-electron chi connectivity index (χ1n) is 5.27. The van der Waals surface area contributed by atoms with Crippen molar-refractivity contribution in [2.24, 2.45) is 4.99 Å². The van der Waals surface area contributed by atoms with Crippen LogP contribution in [0.4, 0.5) is 4.39 Å². The Morgan fingerprint density at radius 3 is 3.06 bits per heavy atom. The third kappa shape index (κ3) is 2.67. The monoisotopic (exact) mass is 221 g/mol. The van der Waals surface area contributed by atoms with E-state index in [0.717, 1.165) is 12.8 Å². The lowest BCUT2D eigenvalue weighted by molar-refractivity contribution is 0.207. The van der Waals surface area contributed by atoms with Crippen molar-refractivity contribution >= 4 is 6.08 Å². The highest BCUT2D eigenvalue weighted by Gasteiger charge is 2.25. The van der Waals surface area contributed by atoms with Crippen molar-refractivity contribution in [1.29, 1.82) is 0 Å². The van der Waals surface area contributed by atoms with Crippen LogP contribution < -0.4 is 4.74 Å². The van der Waals surface area contributed by atoms with E-state index >= 15 is 0 Å². The minimum atomic E-state index is -0.307. The first kappa shape index (κ1) is 10.8. The summed E-state index contributed by atoms with van der Waals surface area (Å²) in [6.07, 6.45) is 3.95. The van der Waals surface area contributed by atoms with Gasteiger partial charge in [-0.15, -0.1) is 0 Å². The molecule has 2 rings (SSSR count). The lowest BCUT2D eigenvalue weighted by atomic mass is 10.2. The van der Waals surface area contributed by atoms with Gasteiger partial charge in [0.05, 0.1) is 6.04 Å². The molecule has 0 bridgehead atoms. The Hall–Kier alpha value is -1.67. The summed E-state index contributed by atoms with van der Waals surface area (Å²) in [7, 11) is 0. The Morgan fingerprint density at radius 2 is 2.31 bits per heavy atom. The molecule has 1 aromatic carbocycles. The van der Waals surface area contributed by atoms with Crippen LogP contribution in [-0.4, -0.2) is 18.2 Å². The van der Waals surface area contributed by atoms with Gasteiger partial charge in [-0.05, 0) is 25.0 Å². The molecule has 3 nitrogen and oxygen atoms in total. The summed E-state index contributed by atoms with van der Waals surface area (Å²) in [6, 6.07) is 6.08. The van der Waals surface area contributed by atoms with Gasteiger partial charge >= 0.3 is 0 Å². The van der Waals surface area contributed by atoms with Crippen LogP contribution in [-0.2, 0) is 4.79 Å². The lowest BCUT2D eigenvalue weighted by Gasteiger charge is -2.12. The van der Waals surface area contributed by atoms with Gasteiger partial charge in [-0.3, -0.25) is 0 Å². The molecule has 0 aromatic heterocycles. The van der Waals surface area contributed by atoms with Gasteiger partial charge in [0, 0.05) is 12.5 Å². The minimum Gasteiger partial charge on any atom is -0.490 e. The number of hydrogen-bond acceptors (Lipinski definition) is 3. The summed E-state index contributed by atoms with van der Waals surface area (Å²) >= 11 is 0. The predicted octanol–water partition coefficient (Wildman–Crippen LogP) is 2.46. The van der Waals surface area contributed by atoms with Crippen LogP contribution in [0.25, 0.3) is 0 Å². The molecule has 2 unspecified atom stereocenters. The smallest absolute Gasteiger partial charge is 0.235 e. The number of nitrogens with zero attached hydrogens (tertiary/aromatic N) is 1. The normalized spacial score (nSPS) is 23.8. The molecule has 0 N–H and O–H groups in total. The van der Waals surface area contributed by atoms with Gasteiger partial charge in [0.1, 0.15) is 17.7 Å². The minimum absolute atomic E-state index is 0.0102. The number of ether oxygens (including phenoxy) is 1. The highest BCUT2D eigenvalue weighted by atomic mass is 19.1. The Morgan fingerprint density at radius 1 is 1.44 bits per heavy atom. The van der Waals surface area contributed by atoms with E-state index in [4.69, 9.17) is 4.74 Å². The molecule has 0 heterocycles. The molecule has 0 aliphatic heterocycles. The third-order valence-corrected chi connectivity index (χ3v) is 2.69. The fourth-order valence-electron chi connectivity index (χ4n) is 1.95. The highest BCUT2D eigenvalue weighted by molar-refractivity contribution is 5.33. The summed E-state index contributed by atoms with van der Waals surface area (Å²) < 4.78 is 18.5. The molecule has 1 aliphatic rings. The maximum absolute atomic E-state index is 12.9. The Kier molecular flexibility index (Phi) is 3.32. The largest absolute Gasteiger partial charge is 0.490 e. The van der Waals surface area contributed by atoms with Gasteiger partial charge in [0.15, 0.2) is 0 Å². The fourth-order valence-corrected chi connectivity index (χ4v) is 1.95. The van der Waals surface area contributed by atoms with E-state index in [2.05, 4.69) is 4.99 Å². The van der Waals surface area contributed by atoms with Crippen molar-refractivity contribution in [2.45, 2.75) is 31.4 Å². The molecule has 1 fully saturated rings. The van der Waals surface area contributed by atoms with E-state index in [1.165, 1.54) is 12.1 Å². The van der Waals surface area contributed by atoms with Crippen molar-refractivity contribution in [3.63, 3.8) is 0 Å². The molecule has 2 atom stereocenters. The molecule has 16 heavy (non-hydrogen) atoms. The van der Waals surface area contributed by atoms with Crippen LogP contribution in [0, 0.1) is 5.82 Å². The number of hydrogen-bond donors (Lipinski definition) is 0. The van der Waals surface area contributed by atoms with E-state index in [1.54, 1.807) is 18.2 Å². The first-order chi connectivity index (χ1) is 7.78. The summed E-state index contributed by atoms with van der Waals surface area (Å²) in [5.74, 6) is 0.221. The van der Waals surface area contributed by atoms with Crippen molar-refractivity contribution in [1.82, 2.24) is 0 Å². The lowest BCUT2D eigenvalue weighted by Crippen LogP contribution is -2.12. The second-order valence-electron chi connectivity index (χ2n) is 3.88. The van der Waals surface area contributed by atoms with Crippen LogP contribution in [0.5, 0.6) is 5.75 Å². The average molecular weight is 221 g/mol. The summed E-state index contributed by atoms with van der Waals surface area (Å²) in [5, 5.41) is 0. The maximum Gasteiger partial charge on any atom is 0.235 e. The van der Waals surface area contributed by atoms with Crippen molar-refractivity contribution in [2.75, 3.05) is 0 Å². The zero-order valence-corrected chi connectivity index (χ0v) is 8.73. The highest BCUT2D eigenvalue weighted by Crippen LogP contribution is 2.26. The van der Waals surface area contributed by atoms with E-state index in [-0.39, 0.29) is 18.0 Å². The van der Waals surface area contributed by atoms with Gasteiger partial charge in [0.25, 0.3) is 0 Å². The molecule has 1 aliphatic carbocycles. The summed E-state index contributed by atoms with van der Waals surface area (Å²) in [6.45, 7) is 0. The fraction of sp³-hybridized carbons (Fsp3) is 0.417. The molecule has 1 saturated carbocycles. The SMILES string of the molecule is O=C=NC1CCC(Oc2cccc(F)c2)C1. The van der Waals surface area contributed by atoms with E-state index in [9.17, 15) is 9.18 Å².